The van der Waals surface area contributed by atoms with Crippen molar-refractivity contribution < 1.29 is 0 Å². The molecule has 1 aromatic heterocycles. The summed E-state index contributed by atoms with van der Waals surface area (Å²) in [5.74, 6) is 0. The fourth-order valence-electron chi connectivity index (χ4n) is 3.10. The summed E-state index contributed by atoms with van der Waals surface area (Å²) in [6, 6.07) is 0. The second kappa shape index (κ2) is 5.66. The van der Waals surface area contributed by atoms with Crippen LogP contribution in [0, 0.1) is 5.41 Å². The molecule has 1 saturated carbocycles. The minimum atomic E-state index is 0.211. The predicted octanol–water partition coefficient (Wildman–Crippen LogP) is 3.39. The molecule has 0 saturated heterocycles. The van der Waals surface area contributed by atoms with Gasteiger partial charge in [-0.1, -0.05) is 12.8 Å². The van der Waals surface area contributed by atoms with Gasteiger partial charge in [-0.05, 0) is 57.9 Å². The second-order valence-corrected chi connectivity index (χ2v) is 7.19. The molecule has 1 fully saturated rings. The van der Waals surface area contributed by atoms with Crippen LogP contribution in [-0.2, 0) is 13.0 Å². The van der Waals surface area contributed by atoms with Gasteiger partial charge in [-0.15, -0.1) is 0 Å². The first-order valence-electron chi connectivity index (χ1n) is 7.69. The number of nitrogens with one attached hydrogen (secondary N) is 1. The van der Waals surface area contributed by atoms with Gasteiger partial charge in [0.15, 0.2) is 0 Å². The van der Waals surface area contributed by atoms with Crippen LogP contribution in [0.1, 0.15) is 58.9 Å². The van der Waals surface area contributed by atoms with Crippen LogP contribution < -0.4 is 5.32 Å². The summed E-state index contributed by atoms with van der Waals surface area (Å²) in [7, 11) is 0. The van der Waals surface area contributed by atoms with Gasteiger partial charge in [0.05, 0.1) is 6.20 Å². The van der Waals surface area contributed by atoms with Crippen LogP contribution in [0.4, 0.5) is 0 Å². The van der Waals surface area contributed by atoms with Gasteiger partial charge in [-0.25, -0.2) is 0 Å². The lowest BCUT2D eigenvalue weighted by molar-refractivity contribution is 0.245. The van der Waals surface area contributed by atoms with Crippen molar-refractivity contribution in [2.45, 2.75) is 71.9 Å². The fraction of sp³-hybridized carbons (Fsp3) is 0.812. The highest BCUT2D eigenvalue weighted by Crippen LogP contribution is 2.40. The summed E-state index contributed by atoms with van der Waals surface area (Å²) in [5, 5.41) is 8.13. The normalized spacial score (nSPS) is 18.9. The van der Waals surface area contributed by atoms with Crippen molar-refractivity contribution in [3.63, 3.8) is 0 Å². The first-order chi connectivity index (χ1) is 8.92. The predicted molar refractivity (Wildman–Crippen MR) is 80.3 cm³/mol. The molecule has 0 unspecified atom stereocenters. The van der Waals surface area contributed by atoms with Crippen LogP contribution in [0.3, 0.4) is 0 Å². The SMILES string of the molecule is CCn1cc(CC2(CNC(C)(C)C)CCCC2)cn1. The number of aromatic nitrogens is 2. The molecule has 1 aliphatic carbocycles. The van der Waals surface area contributed by atoms with Crippen LogP contribution >= 0.6 is 0 Å². The Morgan fingerprint density at radius 1 is 1.32 bits per heavy atom. The summed E-state index contributed by atoms with van der Waals surface area (Å²) in [6.07, 6.45) is 10.9. The minimum Gasteiger partial charge on any atom is -0.312 e. The van der Waals surface area contributed by atoms with Crippen molar-refractivity contribution in [3.8, 4) is 0 Å². The van der Waals surface area contributed by atoms with E-state index in [2.05, 4.69) is 50.5 Å². The van der Waals surface area contributed by atoms with Crippen molar-refractivity contribution in [1.29, 1.82) is 0 Å². The van der Waals surface area contributed by atoms with Crippen LogP contribution in [0.15, 0.2) is 12.4 Å². The van der Waals surface area contributed by atoms with Gasteiger partial charge in [-0.3, -0.25) is 4.68 Å². The summed E-state index contributed by atoms with van der Waals surface area (Å²) in [5.41, 5.74) is 2.07. The molecule has 0 bridgehead atoms. The molecule has 3 heteroatoms. The third kappa shape index (κ3) is 4.07. The van der Waals surface area contributed by atoms with E-state index in [1.807, 2.05) is 4.68 Å². The monoisotopic (exact) mass is 263 g/mol. The Hall–Kier alpha value is -0.830. The Morgan fingerprint density at radius 3 is 2.53 bits per heavy atom. The molecule has 1 N–H and O–H groups in total. The molecule has 0 aliphatic heterocycles. The molecular formula is C16H29N3. The lowest BCUT2D eigenvalue weighted by atomic mass is 9.80. The topological polar surface area (TPSA) is 29.9 Å². The molecule has 0 amide bonds. The van der Waals surface area contributed by atoms with Gasteiger partial charge in [-0.2, -0.15) is 5.10 Å². The first kappa shape index (κ1) is 14.6. The van der Waals surface area contributed by atoms with Gasteiger partial charge < -0.3 is 5.32 Å². The average Bonchev–Trinajstić information content (AvgIpc) is 2.96. The van der Waals surface area contributed by atoms with Crippen molar-refractivity contribution in [3.05, 3.63) is 18.0 Å². The number of aryl methyl sites for hydroxylation is 1. The van der Waals surface area contributed by atoms with Gasteiger partial charge in [0.25, 0.3) is 0 Å². The molecule has 0 aromatic carbocycles. The average molecular weight is 263 g/mol. The Labute approximate surface area is 117 Å². The number of rotatable bonds is 5. The lowest BCUT2D eigenvalue weighted by Crippen LogP contribution is -2.43. The van der Waals surface area contributed by atoms with Crippen molar-refractivity contribution >= 4 is 0 Å². The molecule has 19 heavy (non-hydrogen) atoms. The summed E-state index contributed by atoms with van der Waals surface area (Å²) < 4.78 is 2.04. The number of hydrogen-bond acceptors (Lipinski definition) is 2. The van der Waals surface area contributed by atoms with E-state index in [9.17, 15) is 0 Å². The molecule has 108 valence electrons. The fourth-order valence-corrected chi connectivity index (χ4v) is 3.10. The van der Waals surface area contributed by atoms with Crippen LogP contribution in [0.25, 0.3) is 0 Å². The third-order valence-electron chi connectivity index (χ3n) is 4.25. The minimum absolute atomic E-state index is 0.211. The third-order valence-corrected chi connectivity index (χ3v) is 4.25. The second-order valence-electron chi connectivity index (χ2n) is 7.19. The summed E-state index contributed by atoms with van der Waals surface area (Å²) in [4.78, 5) is 0. The Balaban J connectivity index is 2.02. The van der Waals surface area contributed by atoms with Gasteiger partial charge >= 0.3 is 0 Å². The van der Waals surface area contributed by atoms with Gasteiger partial charge in [0.1, 0.15) is 0 Å². The van der Waals surface area contributed by atoms with E-state index in [4.69, 9.17) is 0 Å². The maximum Gasteiger partial charge on any atom is 0.0521 e. The number of nitrogens with zero attached hydrogens (tertiary/aromatic N) is 2. The molecular weight excluding hydrogens is 234 g/mol. The zero-order valence-corrected chi connectivity index (χ0v) is 13.0. The molecule has 1 aliphatic rings. The highest BCUT2D eigenvalue weighted by Gasteiger charge is 2.35. The molecule has 1 heterocycles. The smallest absolute Gasteiger partial charge is 0.0521 e. The van der Waals surface area contributed by atoms with E-state index in [1.165, 1.54) is 37.7 Å². The quantitative estimate of drug-likeness (QED) is 0.882. The van der Waals surface area contributed by atoms with E-state index < -0.39 is 0 Å². The lowest BCUT2D eigenvalue weighted by Gasteiger charge is -2.33. The van der Waals surface area contributed by atoms with Crippen LogP contribution in [-0.4, -0.2) is 21.9 Å². The van der Waals surface area contributed by atoms with E-state index in [0.29, 0.717) is 5.41 Å². The Bertz CT molecular complexity index is 394. The van der Waals surface area contributed by atoms with E-state index in [1.54, 1.807) is 0 Å². The maximum atomic E-state index is 4.41. The zero-order valence-electron chi connectivity index (χ0n) is 13.0. The zero-order chi connectivity index (χ0) is 13.9. The van der Waals surface area contributed by atoms with Crippen LogP contribution in [0.2, 0.25) is 0 Å². The van der Waals surface area contributed by atoms with Crippen molar-refractivity contribution in [1.82, 2.24) is 15.1 Å². The van der Waals surface area contributed by atoms with Gasteiger partial charge in [0.2, 0.25) is 0 Å². The molecule has 2 rings (SSSR count). The molecule has 0 spiro atoms. The highest BCUT2D eigenvalue weighted by molar-refractivity contribution is 5.09. The van der Waals surface area contributed by atoms with E-state index in [0.717, 1.165) is 13.1 Å². The number of hydrogen-bond donors (Lipinski definition) is 1. The van der Waals surface area contributed by atoms with Crippen LogP contribution in [0.5, 0.6) is 0 Å². The van der Waals surface area contributed by atoms with Crippen molar-refractivity contribution in [2.75, 3.05) is 6.54 Å². The standard InChI is InChI=1S/C16H29N3/c1-5-19-12-14(11-18-19)10-16(8-6-7-9-16)13-17-15(2,3)4/h11-12,17H,5-10,13H2,1-4H3. The highest BCUT2D eigenvalue weighted by atomic mass is 15.3. The Morgan fingerprint density at radius 2 is 2.00 bits per heavy atom. The van der Waals surface area contributed by atoms with Gasteiger partial charge in [0, 0.05) is 24.8 Å². The van der Waals surface area contributed by atoms with Crippen molar-refractivity contribution in [2.24, 2.45) is 5.41 Å². The molecule has 0 atom stereocenters. The molecule has 3 nitrogen and oxygen atoms in total. The molecule has 0 radical (unpaired) electrons. The summed E-state index contributed by atoms with van der Waals surface area (Å²) >= 11 is 0. The Kier molecular flexibility index (Phi) is 4.34. The molecule has 1 aromatic rings. The first-order valence-corrected chi connectivity index (χ1v) is 7.69. The van der Waals surface area contributed by atoms with E-state index in [-0.39, 0.29) is 5.54 Å². The maximum absolute atomic E-state index is 4.41. The largest absolute Gasteiger partial charge is 0.312 e. The summed E-state index contributed by atoms with van der Waals surface area (Å²) in [6.45, 7) is 11.0. The van der Waals surface area contributed by atoms with E-state index >= 15 is 0 Å².